The minimum absolute atomic E-state index is 0.0291. The number of H-pyrrole nitrogens is 1. The number of hydrogen-bond acceptors (Lipinski definition) is 2. The third-order valence-corrected chi connectivity index (χ3v) is 8.85. The Labute approximate surface area is 141 Å². The van der Waals surface area contributed by atoms with Crippen LogP contribution in [0.15, 0.2) is 24.4 Å². The van der Waals surface area contributed by atoms with Gasteiger partial charge in [-0.2, -0.15) is 5.26 Å². The van der Waals surface area contributed by atoms with E-state index in [0.29, 0.717) is 6.42 Å². The average Bonchev–Trinajstić information content (AvgIpc) is 2.87. The van der Waals surface area contributed by atoms with Crippen molar-refractivity contribution in [3.8, 4) is 6.07 Å². The van der Waals surface area contributed by atoms with Gasteiger partial charge in [0.2, 0.25) is 0 Å². The largest absolute Gasteiger partial charge is 0.365 e. The number of aromatic amines is 1. The Balaban J connectivity index is 2.22. The fourth-order valence-electron chi connectivity index (χ4n) is 2.34. The number of benzene rings is 1. The molecule has 0 amide bonds. The molecular weight excluding hydrogens is 304 g/mol. The van der Waals surface area contributed by atoms with Crippen LogP contribution in [0.2, 0.25) is 0 Å². The molecular formula is C19H28N2OS. The fraction of sp³-hybridized carbons (Fsp3) is 0.526. The minimum atomic E-state index is -0.833. The summed E-state index contributed by atoms with van der Waals surface area (Å²) in [6.07, 6.45) is 7.07. The second kappa shape index (κ2) is 6.59. The summed E-state index contributed by atoms with van der Waals surface area (Å²) in [4.78, 5) is 3.33. The zero-order chi connectivity index (χ0) is 17.3. The highest BCUT2D eigenvalue weighted by Gasteiger charge is 2.28. The van der Waals surface area contributed by atoms with Crippen molar-refractivity contribution >= 4 is 20.9 Å². The molecule has 1 N–H and O–H groups in total. The Morgan fingerprint density at radius 1 is 1.30 bits per heavy atom. The van der Waals surface area contributed by atoms with E-state index in [1.165, 1.54) is 0 Å². The first-order valence-electron chi connectivity index (χ1n) is 7.95. The van der Waals surface area contributed by atoms with Gasteiger partial charge in [-0.25, -0.2) is 10.0 Å². The van der Waals surface area contributed by atoms with Gasteiger partial charge >= 0.3 is 0 Å². The summed E-state index contributed by atoms with van der Waals surface area (Å²) in [5.41, 5.74) is 3.31. The summed E-state index contributed by atoms with van der Waals surface area (Å²) in [6, 6.07) is 8.45. The van der Waals surface area contributed by atoms with Crippen molar-refractivity contribution < 1.29 is 4.74 Å². The molecule has 1 atom stereocenters. The fourth-order valence-corrected chi connectivity index (χ4v) is 3.24. The number of para-hydroxylation sites is 1. The molecule has 4 heteroatoms. The summed E-state index contributed by atoms with van der Waals surface area (Å²) in [7, 11) is -0.833. The van der Waals surface area contributed by atoms with Crippen molar-refractivity contribution in [1.29, 1.82) is 5.26 Å². The Hall–Kier alpha value is -1.44. The molecule has 0 spiro atoms. The lowest BCUT2D eigenvalue weighted by atomic mass is 10.0. The van der Waals surface area contributed by atoms with Gasteiger partial charge < -0.3 is 9.72 Å². The molecule has 0 bridgehead atoms. The van der Waals surface area contributed by atoms with Crippen LogP contribution in [0.3, 0.4) is 0 Å². The molecule has 1 aromatic carbocycles. The van der Waals surface area contributed by atoms with Gasteiger partial charge in [0, 0.05) is 17.1 Å². The van der Waals surface area contributed by atoms with E-state index in [1.807, 2.05) is 12.3 Å². The highest BCUT2D eigenvalue weighted by molar-refractivity contribution is 8.33. The summed E-state index contributed by atoms with van der Waals surface area (Å²) < 4.78 is 6.52. The van der Waals surface area contributed by atoms with Gasteiger partial charge in [0.25, 0.3) is 0 Å². The van der Waals surface area contributed by atoms with Gasteiger partial charge in [-0.05, 0) is 29.7 Å². The molecule has 0 saturated heterocycles. The maximum atomic E-state index is 8.94. The Bertz CT molecular complexity index is 719. The SMILES string of the molecule is CC(OCS(C)(C)C(C)(C)C)c1cccc2c(CC#N)c[nH]c12. The molecule has 3 nitrogen and oxygen atoms in total. The second-order valence-corrected chi connectivity index (χ2v) is 12.0. The van der Waals surface area contributed by atoms with Gasteiger partial charge in [-0.3, -0.25) is 0 Å². The molecule has 1 unspecified atom stereocenters. The maximum Gasteiger partial charge on any atom is 0.0827 e. The van der Waals surface area contributed by atoms with Crippen molar-refractivity contribution in [3.63, 3.8) is 0 Å². The molecule has 0 radical (unpaired) electrons. The first-order chi connectivity index (χ1) is 10.7. The topological polar surface area (TPSA) is 48.8 Å². The standard InChI is InChI=1S/C19H28N2OS/c1-14(22-13-23(5,6)19(2,3)4)16-8-7-9-17-15(10-11-20)12-21-18(16)17/h7-9,12,14,21H,10,13H2,1-6H3. The molecule has 0 aliphatic heterocycles. The van der Waals surface area contributed by atoms with Gasteiger partial charge in [0.1, 0.15) is 0 Å². The lowest BCUT2D eigenvalue weighted by Gasteiger charge is -2.44. The van der Waals surface area contributed by atoms with Crippen LogP contribution in [-0.4, -0.2) is 28.2 Å². The van der Waals surface area contributed by atoms with E-state index in [9.17, 15) is 0 Å². The van der Waals surface area contributed by atoms with Crippen molar-refractivity contribution in [2.45, 2.75) is 45.0 Å². The summed E-state index contributed by atoms with van der Waals surface area (Å²) in [6.45, 7) is 8.97. The maximum absolute atomic E-state index is 8.94. The average molecular weight is 333 g/mol. The number of rotatable bonds is 5. The highest BCUT2D eigenvalue weighted by atomic mass is 32.3. The van der Waals surface area contributed by atoms with E-state index in [-0.39, 0.29) is 10.9 Å². The lowest BCUT2D eigenvalue weighted by Crippen LogP contribution is -2.27. The quantitative estimate of drug-likeness (QED) is 0.825. The van der Waals surface area contributed by atoms with E-state index < -0.39 is 10.0 Å². The number of fused-ring (bicyclic) bond motifs is 1. The number of nitrogens with zero attached hydrogens (tertiary/aromatic N) is 1. The van der Waals surface area contributed by atoms with Gasteiger partial charge in [0.05, 0.1) is 30.0 Å². The van der Waals surface area contributed by atoms with E-state index in [1.54, 1.807) is 0 Å². The van der Waals surface area contributed by atoms with Crippen LogP contribution in [0, 0.1) is 11.3 Å². The lowest BCUT2D eigenvalue weighted by molar-refractivity contribution is 0.104. The van der Waals surface area contributed by atoms with Crippen molar-refractivity contribution in [3.05, 3.63) is 35.5 Å². The van der Waals surface area contributed by atoms with Crippen molar-refractivity contribution in [2.24, 2.45) is 0 Å². The number of aromatic nitrogens is 1. The Kier molecular flexibility index (Phi) is 5.13. The molecule has 0 saturated carbocycles. The number of nitriles is 1. The Morgan fingerprint density at radius 2 is 2.00 bits per heavy atom. The molecule has 0 aliphatic carbocycles. The third kappa shape index (κ3) is 3.73. The molecule has 23 heavy (non-hydrogen) atoms. The van der Waals surface area contributed by atoms with Crippen LogP contribution in [0.1, 0.15) is 44.9 Å². The summed E-state index contributed by atoms with van der Waals surface area (Å²) >= 11 is 0. The zero-order valence-electron chi connectivity index (χ0n) is 15.1. The summed E-state index contributed by atoms with van der Waals surface area (Å²) in [5.74, 6) is 0.791. The third-order valence-electron chi connectivity index (χ3n) is 4.81. The van der Waals surface area contributed by atoms with Crippen LogP contribution in [0.5, 0.6) is 0 Å². The zero-order valence-corrected chi connectivity index (χ0v) is 15.9. The minimum Gasteiger partial charge on any atom is -0.365 e. The number of hydrogen-bond donors (Lipinski definition) is 1. The molecule has 1 aromatic heterocycles. The van der Waals surface area contributed by atoms with Gasteiger partial charge in [-0.1, -0.05) is 39.0 Å². The smallest absolute Gasteiger partial charge is 0.0827 e. The number of nitrogens with one attached hydrogen (secondary N) is 1. The normalized spacial score (nSPS) is 14.7. The summed E-state index contributed by atoms with van der Waals surface area (Å²) in [5, 5.41) is 10.1. The van der Waals surface area contributed by atoms with Gasteiger partial charge in [-0.15, -0.1) is 0 Å². The highest BCUT2D eigenvalue weighted by Crippen LogP contribution is 2.53. The Morgan fingerprint density at radius 3 is 2.61 bits per heavy atom. The van der Waals surface area contributed by atoms with Crippen LogP contribution < -0.4 is 0 Å². The van der Waals surface area contributed by atoms with Crippen LogP contribution in [-0.2, 0) is 11.2 Å². The van der Waals surface area contributed by atoms with Crippen LogP contribution in [0.25, 0.3) is 10.9 Å². The van der Waals surface area contributed by atoms with Crippen LogP contribution in [0.4, 0.5) is 0 Å². The first-order valence-corrected chi connectivity index (χ1v) is 10.6. The monoisotopic (exact) mass is 332 g/mol. The first kappa shape index (κ1) is 17.9. The molecule has 0 fully saturated rings. The predicted octanol–water partition coefficient (Wildman–Crippen LogP) is 5.13. The van der Waals surface area contributed by atoms with Crippen LogP contribution >= 0.6 is 10.0 Å². The molecule has 126 valence electrons. The molecule has 2 rings (SSSR count). The van der Waals surface area contributed by atoms with E-state index in [0.717, 1.165) is 28.0 Å². The number of ether oxygens (including phenoxy) is 1. The van der Waals surface area contributed by atoms with Crippen molar-refractivity contribution in [1.82, 2.24) is 4.98 Å². The molecule has 2 aromatic rings. The van der Waals surface area contributed by atoms with Crippen molar-refractivity contribution in [2.75, 3.05) is 18.5 Å². The second-order valence-electron chi connectivity index (χ2n) is 7.50. The van der Waals surface area contributed by atoms with E-state index in [2.05, 4.69) is 63.4 Å². The van der Waals surface area contributed by atoms with E-state index in [4.69, 9.17) is 10.00 Å². The predicted molar refractivity (Wildman–Crippen MR) is 101 cm³/mol. The molecule has 1 heterocycles. The molecule has 0 aliphatic rings. The van der Waals surface area contributed by atoms with Gasteiger partial charge in [0.15, 0.2) is 0 Å². The van der Waals surface area contributed by atoms with E-state index >= 15 is 0 Å².